The van der Waals surface area contributed by atoms with Gasteiger partial charge in [0.1, 0.15) is 18.4 Å². The first-order chi connectivity index (χ1) is 21.6. The summed E-state index contributed by atoms with van der Waals surface area (Å²) >= 11 is 0. The maximum atomic E-state index is 13.9. The van der Waals surface area contributed by atoms with Crippen LogP contribution in [-0.4, -0.2) is 99.9 Å². The second-order valence-electron chi connectivity index (χ2n) is 10.5. The molecule has 5 heterocycles. The van der Waals surface area contributed by atoms with Crippen LogP contribution in [0.2, 0.25) is 0 Å². The minimum atomic E-state index is -0.513. The molecule has 6 rings (SSSR count). The summed E-state index contributed by atoms with van der Waals surface area (Å²) in [6.07, 6.45) is 4.66. The number of piperazine rings is 1. The lowest BCUT2D eigenvalue weighted by atomic mass is 10.1. The Morgan fingerprint density at radius 1 is 1.02 bits per heavy atom. The topological polar surface area (TPSA) is 151 Å². The zero-order valence-corrected chi connectivity index (χ0v) is 25.0. The Morgan fingerprint density at radius 3 is 2.55 bits per heavy atom. The number of furan rings is 1. The van der Waals surface area contributed by atoms with Gasteiger partial charge in [-0.2, -0.15) is 14.6 Å². The summed E-state index contributed by atoms with van der Waals surface area (Å²) in [7, 11) is 1.65. The van der Waals surface area contributed by atoms with Crippen molar-refractivity contribution in [2.75, 3.05) is 70.3 Å². The summed E-state index contributed by atoms with van der Waals surface area (Å²) in [6.45, 7) is 6.81. The Labute approximate surface area is 254 Å². The molecule has 1 saturated heterocycles. The van der Waals surface area contributed by atoms with E-state index in [4.69, 9.17) is 24.4 Å². The van der Waals surface area contributed by atoms with Gasteiger partial charge in [-0.15, -0.1) is 5.10 Å². The van der Waals surface area contributed by atoms with Gasteiger partial charge in [-0.25, -0.2) is 9.67 Å². The summed E-state index contributed by atoms with van der Waals surface area (Å²) < 4.78 is 24.8. The molecule has 14 nitrogen and oxygen atoms in total. The van der Waals surface area contributed by atoms with Gasteiger partial charge in [0.15, 0.2) is 17.1 Å². The number of hydrogen-bond acceptors (Lipinski definition) is 11. The Balaban J connectivity index is 1.12. The van der Waals surface area contributed by atoms with E-state index in [2.05, 4.69) is 32.0 Å². The third-order valence-electron chi connectivity index (χ3n) is 7.66. The lowest BCUT2D eigenvalue weighted by molar-refractivity contribution is -0.135. The minimum Gasteiger partial charge on any atom is -0.491 e. The molecule has 0 saturated carbocycles. The second-order valence-corrected chi connectivity index (χ2v) is 10.5. The fourth-order valence-corrected chi connectivity index (χ4v) is 5.40. The van der Waals surface area contributed by atoms with E-state index in [1.54, 1.807) is 36.4 Å². The molecule has 5 aromatic rings. The summed E-state index contributed by atoms with van der Waals surface area (Å²) in [5.74, 6) is 1.89. The first-order valence-electron chi connectivity index (χ1n) is 14.8. The highest BCUT2D eigenvalue weighted by Gasteiger charge is 2.31. The molecule has 1 aliphatic rings. The maximum absolute atomic E-state index is 13.9. The maximum Gasteiger partial charge on any atom is 0.247 e. The normalized spacial score (nSPS) is 14.5. The molecule has 232 valence electrons. The summed E-state index contributed by atoms with van der Waals surface area (Å²) in [6, 6.07) is 11.1. The molecule has 1 amide bonds. The predicted molar refractivity (Wildman–Crippen MR) is 164 cm³/mol. The molecule has 1 aliphatic heterocycles. The van der Waals surface area contributed by atoms with Crippen molar-refractivity contribution in [3.05, 3.63) is 48.9 Å². The van der Waals surface area contributed by atoms with Gasteiger partial charge >= 0.3 is 0 Å². The van der Waals surface area contributed by atoms with Crippen molar-refractivity contribution in [2.24, 2.45) is 0 Å². The Bertz CT molecular complexity index is 1670. The fraction of sp³-hybridized carbons (Fsp3) is 0.433. The summed E-state index contributed by atoms with van der Waals surface area (Å²) in [4.78, 5) is 27.3. The highest BCUT2D eigenvalue weighted by molar-refractivity contribution is 5.92. The molecule has 0 aliphatic carbocycles. The van der Waals surface area contributed by atoms with Crippen LogP contribution >= 0.6 is 0 Å². The molecule has 1 aromatic carbocycles. The summed E-state index contributed by atoms with van der Waals surface area (Å²) in [5, 5.41) is 9.73. The van der Waals surface area contributed by atoms with Crippen molar-refractivity contribution in [3.63, 3.8) is 0 Å². The van der Waals surface area contributed by atoms with Crippen molar-refractivity contribution >= 4 is 34.2 Å². The van der Waals surface area contributed by atoms with Crippen LogP contribution in [-0.2, 0) is 14.3 Å². The average Bonchev–Trinajstić information content (AvgIpc) is 3.82. The number of benzene rings is 1. The van der Waals surface area contributed by atoms with Crippen molar-refractivity contribution in [1.82, 2.24) is 34.3 Å². The van der Waals surface area contributed by atoms with Crippen LogP contribution in [0.4, 0.5) is 11.6 Å². The van der Waals surface area contributed by atoms with Gasteiger partial charge in [-0.3, -0.25) is 4.79 Å². The van der Waals surface area contributed by atoms with Crippen molar-refractivity contribution in [2.45, 2.75) is 25.8 Å². The quantitative estimate of drug-likeness (QED) is 0.198. The van der Waals surface area contributed by atoms with E-state index in [1.807, 2.05) is 29.2 Å². The number of nitrogens with zero attached hydrogens (tertiary/aromatic N) is 8. The van der Waals surface area contributed by atoms with E-state index in [1.165, 1.54) is 4.52 Å². The molecular formula is C30H37N9O5. The number of hydrogen-bond donors (Lipinski definition) is 1. The zero-order chi connectivity index (χ0) is 30.5. The van der Waals surface area contributed by atoms with Gasteiger partial charge in [-0.05, 0) is 42.8 Å². The van der Waals surface area contributed by atoms with E-state index in [0.717, 1.165) is 30.9 Å². The number of nitrogens with two attached hydrogens (primary N) is 1. The number of anilines is 2. The Hall–Kier alpha value is -4.69. The van der Waals surface area contributed by atoms with Gasteiger partial charge in [-0.1, -0.05) is 13.3 Å². The van der Waals surface area contributed by atoms with Crippen LogP contribution in [0.3, 0.4) is 0 Å². The fourth-order valence-electron chi connectivity index (χ4n) is 5.40. The van der Waals surface area contributed by atoms with Gasteiger partial charge in [0, 0.05) is 39.0 Å². The first kappa shape index (κ1) is 29.4. The largest absolute Gasteiger partial charge is 0.491 e. The third-order valence-corrected chi connectivity index (χ3v) is 7.66. The first-order valence-corrected chi connectivity index (χ1v) is 14.8. The van der Waals surface area contributed by atoms with Crippen molar-refractivity contribution < 1.29 is 23.4 Å². The molecule has 0 bridgehead atoms. The van der Waals surface area contributed by atoms with Crippen LogP contribution in [0, 0.1) is 0 Å². The summed E-state index contributed by atoms with van der Waals surface area (Å²) in [5.41, 5.74) is 8.40. The second kappa shape index (κ2) is 13.3. The highest BCUT2D eigenvalue weighted by Crippen LogP contribution is 2.28. The Morgan fingerprint density at radius 2 is 1.82 bits per heavy atom. The number of aromatic nitrogens is 6. The third kappa shape index (κ3) is 6.03. The minimum absolute atomic E-state index is 0.0194. The molecule has 1 fully saturated rings. The lowest BCUT2D eigenvalue weighted by Crippen LogP contribution is -2.50. The van der Waals surface area contributed by atoms with E-state index in [9.17, 15) is 4.79 Å². The number of fused-ring (bicyclic) bond motifs is 3. The molecule has 14 heteroatoms. The molecule has 2 N–H and O–H groups in total. The van der Waals surface area contributed by atoms with E-state index >= 15 is 0 Å². The average molecular weight is 604 g/mol. The molecule has 44 heavy (non-hydrogen) atoms. The standard InChI is InChI=1S/C30H37N9O5/c1-3-5-24(38-28-23(20-32-38)27-33-26(25-6-4-15-44-25)35-39(27)30(31)34-28)29(40)37-13-11-36(12-14-37)21-7-9-22(10-8-21)43-19-18-42-17-16-41-2/h4,6-10,15,20,24H,3,5,11-14,16-19H2,1-2H3,(H2,31,34). The number of amides is 1. The van der Waals surface area contributed by atoms with E-state index in [-0.39, 0.29) is 11.9 Å². The van der Waals surface area contributed by atoms with Gasteiger partial charge < -0.3 is 34.2 Å². The van der Waals surface area contributed by atoms with Crippen LogP contribution in [0.25, 0.3) is 28.3 Å². The predicted octanol–water partition coefficient (Wildman–Crippen LogP) is 3.05. The molecular weight excluding hydrogens is 566 g/mol. The van der Waals surface area contributed by atoms with Crippen LogP contribution in [0.5, 0.6) is 5.75 Å². The van der Waals surface area contributed by atoms with Gasteiger partial charge in [0.2, 0.25) is 17.7 Å². The van der Waals surface area contributed by atoms with Crippen LogP contribution in [0.1, 0.15) is 25.8 Å². The van der Waals surface area contributed by atoms with Crippen LogP contribution in [0.15, 0.2) is 53.3 Å². The smallest absolute Gasteiger partial charge is 0.247 e. The monoisotopic (exact) mass is 603 g/mol. The highest BCUT2D eigenvalue weighted by atomic mass is 16.5. The van der Waals surface area contributed by atoms with Crippen molar-refractivity contribution in [3.8, 4) is 17.3 Å². The molecule has 0 radical (unpaired) electrons. The zero-order valence-electron chi connectivity index (χ0n) is 25.0. The molecule has 1 unspecified atom stereocenters. The molecule has 0 spiro atoms. The van der Waals surface area contributed by atoms with E-state index in [0.29, 0.717) is 74.2 Å². The number of carbonyl (C=O) groups excluding carboxylic acids is 1. The molecule has 4 aromatic heterocycles. The number of carbonyl (C=O) groups is 1. The number of methoxy groups -OCH3 is 1. The van der Waals surface area contributed by atoms with Crippen molar-refractivity contribution in [1.29, 1.82) is 0 Å². The van der Waals surface area contributed by atoms with E-state index < -0.39 is 6.04 Å². The Kier molecular flexibility index (Phi) is 8.89. The number of nitrogen functional groups attached to an aromatic ring is 1. The number of rotatable bonds is 13. The van der Waals surface area contributed by atoms with Gasteiger partial charge in [0.25, 0.3) is 0 Å². The van der Waals surface area contributed by atoms with Crippen LogP contribution < -0.4 is 15.4 Å². The SMILES string of the molecule is CCCC(C(=O)N1CCN(c2ccc(OCCOCCOC)cc2)CC1)n1ncc2c1nc(N)n1nc(-c3ccco3)nc21. The van der Waals surface area contributed by atoms with Gasteiger partial charge in [0.05, 0.1) is 37.7 Å². The lowest BCUT2D eigenvalue weighted by Gasteiger charge is -2.37. The number of ether oxygens (including phenoxy) is 3. The molecule has 1 atom stereocenters.